The molecule has 0 spiro atoms. The Morgan fingerprint density at radius 3 is 0.881 bits per heavy atom. The number of unbranched alkanes of at least 4 members (excludes halogenated alkanes) is 28. The van der Waals surface area contributed by atoms with Crippen LogP contribution in [0.2, 0.25) is 0 Å². The number of rotatable bonds is 51. The van der Waals surface area contributed by atoms with E-state index < -0.39 is 6.10 Å². The van der Waals surface area contributed by atoms with E-state index in [0.29, 0.717) is 19.3 Å². The van der Waals surface area contributed by atoms with Crippen LogP contribution in [0.1, 0.15) is 278 Å². The lowest BCUT2D eigenvalue weighted by Crippen LogP contribution is -2.30. The van der Waals surface area contributed by atoms with E-state index >= 15 is 0 Å². The summed E-state index contributed by atoms with van der Waals surface area (Å²) in [5.74, 6) is -0.919. The number of ether oxygens (including phenoxy) is 3. The Kier molecular flexibility index (Phi) is 52.8. The Morgan fingerprint density at radius 2 is 0.537 bits per heavy atom. The number of esters is 3. The highest BCUT2D eigenvalue weighted by atomic mass is 16.6. The van der Waals surface area contributed by atoms with Gasteiger partial charge in [0.2, 0.25) is 0 Å². The summed E-state index contributed by atoms with van der Waals surface area (Å²) in [6.07, 6.45) is 70.2. The van der Waals surface area contributed by atoms with Gasteiger partial charge in [0.1, 0.15) is 13.2 Å². The summed E-state index contributed by atoms with van der Waals surface area (Å²) < 4.78 is 16.8. The third kappa shape index (κ3) is 53.7. The second-order valence-electron chi connectivity index (χ2n) is 18.8. The zero-order chi connectivity index (χ0) is 48.6. The topological polar surface area (TPSA) is 78.9 Å². The average molecular weight is 936 g/mol. The number of hydrogen-bond acceptors (Lipinski definition) is 6. The second kappa shape index (κ2) is 55.4. The van der Waals surface area contributed by atoms with Crippen molar-refractivity contribution in [2.75, 3.05) is 13.2 Å². The maximum absolute atomic E-state index is 12.8. The van der Waals surface area contributed by atoms with Gasteiger partial charge < -0.3 is 14.2 Å². The Hall–Kier alpha value is -3.15. The molecule has 0 aromatic rings. The highest BCUT2D eigenvalue weighted by molar-refractivity contribution is 5.71. The molecular weight excluding hydrogens is 829 g/mol. The zero-order valence-corrected chi connectivity index (χ0v) is 44.2. The van der Waals surface area contributed by atoms with E-state index in [1.54, 1.807) is 0 Å². The molecule has 0 fully saturated rings. The third-order valence-electron chi connectivity index (χ3n) is 12.2. The van der Waals surface area contributed by atoms with E-state index in [2.05, 4.69) is 93.7 Å². The van der Waals surface area contributed by atoms with E-state index in [4.69, 9.17) is 14.2 Å². The maximum atomic E-state index is 12.8. The Labute approximate surface area is 414 Å². The highest BCUT2D eigenvalue weighted by Crippen LogP contribution is 2.15. The van der Waals surface area contributed by atoms with Gasteiger partial charge in [-0.1, -0.05) is 235 Å². The number of allylic oxidation sites excluding steroid dienone is 12. The van der Waals surface area contributed by atoms with Crippen LogP contribution in [0, 0.1) is 0 Å². The quantitative estimate of drug-likeness (QED) is 0.0262. The molecule has 0 N–H and O–H groups in total. The molecule has 0 rings (SSSR count). The number of carbonyl (C=O) groups is 3. The number of hydrogen-bond donors (Lipinski definition) is 0. The fourth-order valence-corrected chi connectivity index (χ4v) is 7.87. The van der Waals surface area contributed by atoms with Crippen molar-refractivity contribution in [3.8, 4) is 0 Å². The molecule has 0 unspecified atom stereocenters. The van der Waals surface area contributed by atoms with Crippen LogP contribution in [0.3, 0.4) is 0 Å². The first kappa shape index (κ1) is 63.8. The van der Waals surface area contributed by atoms with Crippen LogP contribution < -0.4 is 0 Å². The monoisotopic (exact) mass is 935 g/mol. The van der Waals surface area contributed by atoms with Gasteiger partial charge in [-0.2, -0.15) is 0 Å². The molecule has 6 heteroatoms. The van der Waals surface area contributed by atoms with Gasteiger partial charge in [0.05, 0.1) is 0 Å². The molecule has 0 aliphatic rings. The molecule has 386 valence electrons. The van der Waals surface area contributed by atoms with Gasteiger partial charge in [0, 0.05) is 19.3 Å². The third-order valence-corrected chi connectivity index (χ3v) is 12.2. The first-order valence-electron chi connectivity index (χ1n) is 28.4. The minimum Gasteiger partial charge on any atom is -0.462 e. The maximum Gasteiger partial charge on any atom is 0.306 e. The smallest absolute Gasteiger partial charge is 0.306 e. The zero-order valence-electron chi connectivity index (χ0n) is 44.2. The Bertz CT molecular complexity index is 1260. The van der Waals surface area contributed by atoms with Gasteiger partial charge in [-0.15, -0.1) is 0 Å². The lowest BCUT2D eigenvalue weighted by molar-refractivity contribution is -0.167. The van der Waals surface area contributed by atoms with Crippen molar-refractivity contribution >= 4 is 17.9 Å². The summed E-state index contributed by atoms with van der Waals surface area (Å²) in [4.78, 5) is 38.1. The van der Waals surface area contributed by atoms with Crippen LogP contribution in [0.25, 0.3) is 0 Å². The van der Waals surface area contributed by atoms with Crippen LogP contribution in [0.15, 0.2) is 72.9 Å². The number of carbonyl (C=O) groups excluding carboxylic acids is 3. The summed E-state index contributed by atoms with van der Waals surface area (Å²) in [5, 5.41) is 0. The SMILES string of the molecule is CCCCC/C=C/C/C=C/C/C=C/C/C=C/CCCCCC(=O)OC[C@@H](COC(=O)CCCCCCCCCCCCCCC)OC(=O)CCCCCCCCC/C=C/C/C=C/CCCCC. The van der Waals surface area contributed by atoms with Crippen molar-refractivity contribution in [1.82, 2.24) is 0 Å². The summed E-state index contributed by atoms with van der Waals surface area (Å²) in [6.45, 7) is 6.57. The molecule has 1 atom stereocenters. The molecule has 6 nitrogen and oxygen atoms in total. The van der Waals surface area contributed by atoms with Crippen molar-refractivity contribution in [2.24, 2.45) is 0 Å². The van der Waals surface area contributed by atoms with E-state index in [1.807, 2.05) is 0 Å². The molecule has 0 saturated heterocycles. The van der Waals surface area contributed by atoms with E-state index in [9.17, 15) is 14.4 Å². The Morgan fingerprint density at radius 1 is 0.299 bits per heavy atom. The Balaban J connectivity index is 4.44. The molecular formula is C61H106O6. The lowest BCUT2D eigenvalue weighted by atomic mass is 10.0. The van der Waals surface area contributed by atoms with Crippen LogP contribution in [0.4, 0.5) is 0 Å². The van der Waals surface area contributed by atoms with Crippen molar-refractivity contribution in [3.63, 3.8) is 0 Å². The molecule has 0 heterocycles. The van der Waals surface area contributed by atoms with E-state index in [1.165, 1.54) is 141 Å². The standard InChI is InChI=1S/C61H106O6/c1-4-7-10-13-16-19-22-25-27-29-30-32-33-36-39-42-45-48-51-54-60(63)66-57-58(56-65-59(62)53-50-47-44-41-38-35-24-21-18-15-12-9-6-3)67-61(64)55-52-49-46-43-40-37-34-31-28-26-23-20-17-14-11-8-5-2/h16-17,19-20,25-28,30,32,36,39,58H,4-15,18,21-24,29,31,33-35,37-38,40-57H2,1-3H3/b19-16+,20-17+,27-25+,28-26+,32-30+,39-36+/t58-/m1/s1. The van der Waals surface area contributed by atoms with Gasteiger partial charge in [-0.25, -0.2) is 0 Å². The van der Waals surface area contributed by atoms with Crippen LogP contribution >= 0.6 is 0 Å². The van der Waals surface area contributed by atoms with Gasteiger partial charge in [-0.3, -0.25) is 14.4 Å². The molecule has 0 radical (unpaired) electrons. The van der Waals surface area contributed by atoms with Crippen molar-refractivity contribution in [3.05, 3.63) is 72.9 Å². The molecule has 0 amide bonds. The second-order valence-corrected chi connectivity index (χ2v) is 18.8. The van der Waals surface area contributed by atoms with Crippen molar-refractivity contribution in [1.29, 1.82) is 0 Å². The lowest BCUT2D eigenvalue weighted by Gasteiger charge is -2.18. The van der Waals surface area contributed by atoms with Crippen LogP contribution in [0.5, 0.6) is 0 Å². The van der Waals surface area contributed by atoms with E-state index in [-0.39, 0.29) is 31.1 Å². The summed E-state index contributed by atoms with van der Waals surface area (Å²) in [6, 6.07) is 0. The summed E-state index contributed by atoms with van der Waals surface area (Å²) in [5.41, 5.74) is 0. The van der Waals surface area contributed by atoms with Crippen molar-refractivity contribution in [2.45, 2.75) is 284 Å². The first-order valence-corrected chi connectivity index (χ1v) is 28.4. The first-order chi connectivity index (χ1) is 33.0. The molecule has 0 aliphatic heterocycles. The predicted molar refractivity (Wildman–Crippen MR) is 288 cm³/mol. The van der Waals surface area contributed by atoms with Gasteiger partial charge in [-0.05, 0) is 96.3 Å². The predicted octanol–water partition coefficient (Wildman–Crippen LogP) is 19.0. The fourth-order valence-electron chi connectivity index (χ4n) is 7.87. The van der Waals surface area contributed by atoms with Crippen LogP contribution in [-0.2, 0) is 28.6 Å². The minimum atomic E-state index is -0.791. The molecule has 0 saturated carbocycles. The average Bonchev–Trinajstić information content (AvgIpc) is 3.33. The van der Waals surface area contributed by atoms with Gasteiger partial charge in [0.15, 0.2) is 6.10 Å². The molecule has 67 heavy (non-hydrogen) atoms. The highest BCUT2D eigenvalue weighted by Gasteiger charge is 2.19. The molecule has 0 aromatic heterocycles. The summed E-state index contributed by atoms with van der Waals surface area (Å²) in [7, 11) is 0. The minimum absolute atomic E-state index is 0.0870. The molecule has 0 aliphatic carbocycles. The van der Waals surface area contributed by atoms with Crippen molar-refractivity contribution < 1.29 is 28.6 Å². The molecule has 0 aromatic carbocycles. The largest absolute Gasteiger partial charge is 0.462 e. The molecule has 0 bridgehead atoms. The summed E-state index contributed by atoms with van der Waals surface area (Å²) >= 11 is 0. The van der Waals surface area contributed by atoms with Gasteiger partial charge >= 0.3 is 17.9 Å². The normalized spacial score (nSPS) is 12.6. The fraction of sp³-hybridized carbons (Fsp3) is 0.754. The van der Waals surface area contributed by atoms with Crippen LogP contribution in [-0.4, -0.2) is 37.2 Å². The van der Waals surface area contributed by atoms with E-state index in [0.717, 1.165) is 96.3 Å². The van der Waals surface area contributed by atoms with Gasteiger partial charge in [0.25, 0.3) is 0 Å².